The first-order chi connectivity index (χ1) is 33.8. The molecule has 0 saturated heterocycles. The molecular formula is C61H56N4OPt-2. The maximum absolute atomic E-state index is 9.20. The number of aromatic nitrogens is 4. The number of ether oxygens (including phenoxy) is 1. The molecular weight excluding hydrogens is 1000 g/mol. The van der Waals surface area contributed by atoms with E-state index in [-0.39, 0.29) is 49.5 Å². The molecule has 0 bridgehead atoms. The van der Waals surface area contributed by atoms with Crippen LogP contribution in [0.1, 0.15) is 91.8 Å². The molecule has 0 radical (unpaired) electrons. The van der Waals surface area contributed by atoms with Crippen molar-refractivity contribution >= 4 is 32.8 Å². The summed E-state index contributed by atoms with van der Waals surface area (Å²) in [6.07, 6.45) is 5.55. The molecule has 0 fully saturated rings. The Kier molecular flexibility index (Phi) is 10.6. The van der Waals surface area contributed by atoms with Crippen molar-refractivity contribution in [3.8, 4) is 50.9 Å². The molecule has 3 aromatic heterocycles. The van der Waals surface area contributed by atoms with Crippen LogP contribution < -0.4 is 9.30 Å². The summed E-state index contributed by atoms with van der Waals surface area (Å²) in [5.74, 6) is 2.63. The van der Waals surface area contributed by atoms with Gasteiger partial charge in [0.25, 0.3) is 6.33 Å². The van der Waals surface area contributed by atoms with Gasteiger partial charge in [0, 0.05) is 44.3 Å². The van der Waals surface area contributed by atoms with Crippen molar-refractivity contribution in [3.05, 3.63) is 199 Å². The number of hydrogen-bond acceptors (Lipinski definition) is 2. The van der Waals surface area contributed by atoms with Crippen molar-refractivity contribution < 1.29 is 37.2 Å². The largest absolute Gasteiger partial charge is 0.510 e. The van der Waals surface area contributed by atoms with Crippen molar-refractivity contribution in [2.24, 2.45) is 5.92 Å². The van der Waals surface area contributed by atoms with Crippen LogP contribution in [0.25, 0.3) is 72.3 Å². The Labute approximate surface area is 417 Å². The molecule has 0 N–H and O–H groups in total. The van der Waals surface area contributed by atoms with E-state index in [1.54, 1.807) is 0 Å². The number of imidazole rings is 1. The normalized spacial score (nSPS) is 13.6. The molecule has 0 spiro atoms. The third-order valence-corrected chi connectivity index (χ3v) is 12.9. The van der Waals surface area contributed by atoms with Crippen molar-refractivity contribution in [2.45, 2.75) is 79.1 Å². The second-order valence-electron chi connectivity index (χ2n) is 19.7. The van der Waals surface area contributed by atoms with Crippen LogP contribution in [0.2, 0.25) is 0 Å². The number of fused-ring (bicyclic) bond motifs is 4. The molecule has 1 atom stereocenters. The molecule has 1 unspecified atom stereocenters. The van der Waals surface area contributed by atoms with Crippen LogP contribution in [0.5, 0.6) is 11.5 Å². The summed E-state index contributed by atoms with van der Waals surface area (Å²) in [5.41, 5.74) is 10.2. The molecule has 10 rings (SSSR count). The van der Waals surface area contributed by atoms with E-state index in [1.807, 2.05) is 88.1 Å². The van der Waals surface area contributed by atoms with E-state index in [0.29, 0.717) is 40.3 Å². The minimum absolute atomic E-state index is 0. The van der Waals surface area contributed by atoms with Gasteiger partial charge in [0.2, 0.25) is 0 Å². The zero-order valence-corrected chi connectivity index (χ0v) is 41.6. The number of rotatable bonds is 9. The number of pyridine rings is 1. The van der Waals surface area contributed by atoms with Gasteiger partial charge < -0.3 is 13.9 Å². The third-order valence-electron chi connectivity index (χ3n) is 12.9. The zero-order chi connectivity index (χ0) is 50.3. The minimum Gasteiger partial charge on any atom is -0.510 e. The van der Waals surface area contributed by atoms with Crippen LogP contribution in [0.4, 0.5) is 0 Å². The van der Waals surface area contributed by atoms with Gasteiger partial charge >= 0.3 is 0 Å². The van der Waals surface area contributed by atoms with Crippen LogP contribution in [0.15, 0.2) is 164 Å². The van der Waals surface area contributed by atoms with Gasteiger partial charge in [-0.1, -0.05) is 177 Å². The fraction of sp³-hybridized carbons (Fsp3) is 0.213. The fourth-order valence-corrected chi connectivity index (χ4v) is 8.80. The van der Waals surface area contributed by atoms with Crippen LogP contribution in [-0.2, 0) is 31.9 Å². The summed E-state index contributed by atoms with van der Waals surface area (Å²) < 4.78 is 57.0. The van der Waals surface area contributed by atoms with E-state index < -0.39 is 18.1 Å². The van der Waals surface area contributed by atoms with E-state index in [1.165, 1.54) is 5.56 Å². The summed E-state index contributed by atoms with van der Waals surface area (Å²) in [5, 5.41) is 2.13. The van der Waals surface area contributed by atoms with E-state index in [0.717, 1.165) is 60.9 Å². The van der Waals surface area contributed by atoms with Crippen molar-refractivity contribution in [2.75, 3.05) is 0 Å². The summed E-state index contributed by atoms with van der Waals surface area (Å²) in [7, 11) is 0. The van der Waals surface area contributed by atoms with E-state index in [4.69, 9.17) is 13.8 Å². The number of hydrogen-bond donors (Lipinski definition) is 0. The third kappa shape index (κ3) is 8.67. The Bertz CT molecular complexity index is 3670. The van der Waals surface area contributed by atoms with E-state index in [2.05, 4.69) is 140 Å². The first-order valence-corrected chi connectivity index (χ1v) is 22.7. The zero-order valence-electron chi connectivity index (χ0n) is 44.4. The Morgan fingerprint density at radius 2 is 1.30 bits per heavy atom. The fourth-order valence-electron chi connectivity index (χ4n) is 8.80. The first kappa shape index (κ1) is 39.6. The molecule has 6 heteroatoms. The molecule has 0 aliphatic rings. The molecule has 3 heterocycles. The predicted molar refractivity (Wildman–Crippen MR) is 271 cm³/mol. The smallest absolute Gasteiger partial charge is 0.268 e. The van der Waals surface area contributed by atoms with Gasteiger partial charge in [-0.25, -0.2) is 4.98 Å². The average molecular weight is 1060 g/mol. The van der Waals surface area contributed by atoms with E-state index >= 15 is 0 Å². The Balaban J connectivity index is 0.00000640. The monoisotopic (exact) mass is 1060 g/mol. The van der Waals surface area contributed by atoms with Gasteiger partial charge in [0.15, 0.2) is 0 Å². The number of nitrogens with zero attached hydrogens (tertiary/aromatic N) is 4. The Morgan fingerprint density at radius 3 is 2.01 bits per heavy atom. The van der Waals surface area contributed by atoms with Crippen LogP contribution in [0.3, 0.4) is 0 Å². The molecule has 10 aromatic rings. The van der Waals surface area contributed by atoms with Gasteiger partial charge in [-0.2, -0.15) is 18.2 Å². The first-order valence-electron chi connectivity index (χ1n) is 25.2. The molecule has 5 nitrogen and oxygen atoms in total. The van der Waals surface area contributed by atoms with Crippen molar-refractivity contribution in [1.82, 2.24) is 14.1 Å². The van der Waals surface area contributed by atoms with Crippen LogP contribution in [0, 0.1) is 24.4 Å². The molecule has 67 heavy (non-hydrogen) atoms. The van der Waals surface area contributed by atoms with Crippen molar-refractivity contribution in [3.63, 3.8) is 0 Å². The number of para-hydroxylation sites is 4. The van der Waals surface area contributed by atoms with Gasteiger partial charge in [0.05, 0.1) is 23.6 Å². The number of benzene rings is 7. The average Bonchev–Trinajstić information content (AvgIpc) is 3.90. The molecule has 7 aromatic carbocycles. The second-order valence-corrected chi connectivity index (χ2v) is 19.7. The quantitative estimate of drug-likeness (QED) is 0.107. The summed E-state index contributed by atoms with van der Waals surface area (Å²) in [6.45, 7) is 19.9. The summed E-state index contributed by atoms with van der Waals surface area (Å²) >= 11 is 0. The van der Waals surface area contributed by atoms with Crippen molar-refractivity contribution in [1.29, 1.82) is 0 Å². The maximum atomic E-state index is 9.20. The molecule has 0 amide bonds. The van der Waals surface area contributed by atoms with Gasteiger partial charge in [-0.05, 0) is 90.9 Å². The predicted octanol–water partition coefficient (Wildman–Crippen LogP) is 15.3. The Hall–Kier alpha value is -6.55. The minimum atomic E-state index is -0.443. The maximum Gasteiger partial charge on any atom is 0.268 e. The van der Waals surface area contributed by atoms with Gasteiger partial charge in [0.1, 0.15) is 5.82 Å². The van der Waals surface area contributed by atoms with Crippen LogP contribution >= 0.6 is 0 Å². The SMILES string of the molecule is [2H]c1c([2H])c([2H])c(-c2cccc(-c3cc(C(C)(C)C)cc(C(C)(C)C)c3)c2-[n+]2[c-]n(-c3[c-]c(Oc4[c-]c5c(cc4)c4ccccc4n5-c4cc(C(C)C(C)C)ccn4)ccc3)c3ccccc32)c([2H])c1[2H].[Pt]. The van der Waals surface area contributed by atoms with Crippen LogP contribution in [-0.4, -0.2) is 14.1 Å². The molecule has 0 aliphatic carbocycles. The topological polar surface area (TPSA) is 35.9 Å². The summed E-state index contributed by atoms with van der Waals surface area (Å²) in [4.78, 5) is 4.87. The van der Waals surface area contributed by atoms with Gasteiger partial charge in [-0.3, -0.25) is 4.57 Å². The molecule has 338 valence electrons. The summed E-state index contributed by atoms with van der Waals surface area (Å²) in [6, 6.07) is 48.1. The standard InChI is InChI=1S/C61H56N4O.Pt/c1-40(2)41(3)43-31-32-62-58(35-43)65-54-26-14-13-23-52(54)53-30-29-49(38-57(53)65)66-48-22-17-21-47(37-48)63-39-64(56-28-16-15-27-55(56)63)59-50(42-19-11-10-12-20-42)24-18-25-51(59)44-33-45(60(4,5)6)36-46(34-44)61(7,8)9;/h10-36,40-41H,1-9H3;/q-2;/i10D,11D,12D,19D,20D;. The molecule has 0 aliphatic heterocycles. The van der Waals surface area contributed by atoms with Gasteiger partial charge in [-0.15, -0.1) is 29.7 Å². The second kappa shape index (κ2) is 17.9. The Morgan fingerprint density at radius 1 is 0.642 bits per heavy atom. The van der Waals surface area contributed by atoms with E-state index in [9.17, 15) is 2.74 Å². The molecule has 0 saturated carbocycles.